The van der Waals surface area contributed by atoms with Gasteiger partial charge in [-0.05, 0) is 82.6 Å². The van der Waals surface area contributed by atoms with E-state index in [1.54, 1.807) is 16.9 Å². The molecule has 2 aromatic heterocycles. The number of carbonyl (C=O) groups excluding carboxylic acids is 1. The second kappa shape index (κ2) is 9.49. The first kappa shape index (κ1) is 26.4. The lowest BCUT2D eigenvalue weighted by atomic mass is 10.1. The molecule has 3 N–H and O–H groups in total. The van der Waals surface area contributed by atoms with Gasteiger partial charge in [-0.3, -0.25) is 9.52 Å². The lowest BCUT2D eigenvalue weighted by Crippen LogP contribution is -2.29. The van der Waals surface area contributed by atoms with Gasteiger partial charge in [-0.15, -0.1) is 0 Å². The number of sulfonamides is 1. The molecule has 0 spiro atoms. The number of anilines is 1. The molecule has 0 radical (unpaired) electrons. The first-order valence-corrected chi connectivity index (χ1v) is 14.1. The summed E-state index contributed by atoms with van der Waals surface area (Å²) in [5.74, 6) is 0.239. The molecule has 0 bridgehead atoms. The van der Waals surface area contributed by atoms with E-state index in [1.165, 1.54) is 18.2 Å². The number of alkyl halides is 3. The predicted octanol–water partition coefficient (Wildman–Crippen LogP) is 6.51. The molecule has 200 valence electrons. The second-order valence-electron chi connectivity index (χ2n) is 9.23. The van der Waals surface area contributed by atoms with E-state index in [0.717, 1.165) is 36.1 Å². The number of nitrogens with zero attached hydrogens (tertiary/aromatic N) is 1. The van der Waals surface area contributed by atoms with Crippen molar-refractivity contribution >= 4 is 48.5 Å². The number of hydrogen-bond donors (Lipinski definition) is 2. The van der Waals surface area contributed by atoms with Gasteiger partial charge < -0.3 is 14.7 Å². The number of nitrogens with two attached hydrogens (primary N) is 1. The van der Waals surface area contributed by atoms with Crippen molar-refractivity contribution in [3.63, 3.8) is 0 Å². The summed E-state index contributed by atoms with van der Waals surface area (Å²) in [5.41, 5.74) is 4.43. The van der Waals surface area contributed by atoms with Crippen molar-refractivity contribution in [1.82, 2.24) is 4.57 Å². The molecule has 7 nitrogen and oxygen atoms in total. The van der Waals surface area contributed by atoms with Crippen LogP contribution in [0.3, 0.4) is 0 Å². The van der Waals surface area contributed by atoms with E-state index in [2.05, 4.69) is 22.0 Å². The van der Waals surface area contributed by atoms with Crippen LogP contribution in [-0.2, 0) is 23.0 Å². The third-order valence-corrected chi connectivity index (χ3v) is 8.44. The van der Waals surface area contributed by atoms with E-state index < -0.39 is 21.4 Å². The van der Waals surface area contributed by atoms with E-state index in [-0.39, 0.29) is 5.69 Å². The highest BCUT2D eigenvalue weighted by Crippen LogP contribution is 2.43. The number of rotatable bonds is 8. The minimum atomic E-state index is -5.56. The number of furan rings is 1. The largest absolute Gasteiger partial charge is 0.516 e. The molecule has 12 heteroatoms. The lowest BCUT2D eigenvalue weighted by Gasteiger charge is -2.12. The van der Waals surface area contributed by atoms with Crippen molar-refractivity contribution in [3.8, 4) is 11.3 Å². The summed E-state index contributed by atoms with van der Waals surface area (Å²) in [4.78, 5) is 12.4. The number of amides is 1. The molecule has 2 aromatic carbocycles. The van der Waals surface area contributed by atoms with Crippen LogP contribution in [0.25, 0.3) is 22.3 Å². The molecule has 1 amide bonds. The number of aryl methyl sites for hydroxylation is 1. The molecule has 1 fully saturated rings. The van der Waals surface area contributed by atoms with E-state index >= 15 is 0 Å². The molecule has 0 atom stereocenters. The summed E-state index contributed by atoms with van der Waals surface area (Å²) in [6.07, 6.45) is 2.83. The maximum absolute atomic E-state index is 12.8. The van der Waals surface area contributed by atoms with Crippen molar-refractivity contribution < 1.29 is 30.8 Å². The van der Waals surface area contributed by atoms with Crippen molar-refractivity contribution in [2.24, 2.45) is 5.73 Å². The summed E-state index contributed by atoms with van der Waals surface area (Å²) in [7, 11) is -5.56. The Bertz CT molecular complexity index is 1670. The first-order valence-electron chi connectivity index (χ1n) is 11.8. The van der Waals surface area contributed by atoms with Crippen LogP contribution in [0.1, 0.15) is 53.0 Å². The van der Waals surface area contributed by atoms with Crippen LogP contribution < -0.4 is 10.5 Å². The van der Waals surface area contributed by atoms with Crippen molar-refractivity contribution in [1.29, 1.82) is 0 Å². The molecule has 1 aliphatic carbocycles. The van der Waals surface area contributed by atoms with Crippen molar-refractivity contribution in [2.45, 2.75) is 44.2 Å². The fourth-order valence-electron chi connectivity index (χ4n) is 4.60. The lowest BCUT2D eigenvalue weighted by molar-refractivity contribution is -0.0429. The van der Waals surface area contributed by atoms with E-state index in [4.69, 9.17) is 10.2 Å². The molecular formula is C26H23BrF3N3O4S. The normalized spacial score (nSPS) is 14.2. The third-order valence-electron chi connectivity index (χ3n) is 6.54. The Kier molecular flexibility index (Phi) is 6.59. The van der Waals surface area contributed by atoms with Crippen LogP contribution in [0.15, 0.2) is 57.4 Å². The first-order chi connectivity index (χ1) is 17.9. The highest BCUT2D eigenvalue weighted by atomic mass is 79.9. The van der Waals surface area contributed by atoms with Gasteiger partial charge in [-0.1, -0.05) is 25.1 Å². The summed E-state index contributed by atoms with van der Waals surface area (Å²) in [6.45, 7) is 2.45. The van der Waals surface area contributed by atoms with Gasteiger partial charge in [0.1, 0.15) is 17.0 Å². The highest BCUT2D eigenvalue weighted by Gasteiger charge is 2.46. The Morgan fingerprint density at radius 2 is 1.92 bits per heavy atom. The number of benzene rings is 2. The smallest absolute Gasteiger partial charge is 0.455 e. The summed E-state index contributed by atoms with van der Waals surface area (Å²) >= 11 is 3.53. The van der Waals surface area contributed by atoms with E-state index in [9.17, 15) is 26.4 Å². The highest BCUT2D eigenvalue weighted by molar-refractivity contribution is 9.10. The van der Waals surface area contributed by atoms with Crippen LogP contribution in [0.5, 0.6) is 0 Å². The van der Waals surface area contributed by atoms with Gasteiger partial charge in [-0.2, -0.15) is 21.6 Å². The van der Waals surface area contributed by atoms with Gasteiger partial charge in [0.15, 0.2) is 0 Å². The zero-order chi connectivity index (χ0) is 27.4. The molecule has 38 heavy (non-hydrogen) atoms. The van der Waals surface area contributed by atoms with Gasteiger partial charge >= 0.3 is 15.5 Å². The van der Waals surface area contributed by atoms with E-state index in [1.807, 2.05) is 23.6 Å². The number of nitrogens with one attached hydrogen (secondary N) is 1. The minimum absolute atomic E-state index is 0.252. The van der Waals surface area contributed by atoms with Crippen molar-refractivity contribution in [3.05, 3.63) is 75.5 Å². The summed E-state index contributed by atoms with van der Waals surface area (Å²) in [5, 5.41) is 0.715. The Morgan fingerprint density at radius 3 is 2.55 bits per heavy atom. The topological polar surface area (TPSA) is 107 Å². The van der Waals surface area contributed by atoms with Gasteiger partial charge in [0.2, 0.25) is 0 Å². The molecule has 1 saturated carbocycles. The zero-order valence-electron chi connectivity index (χ0n) is 20.1. The molecule has 0 unspecified atom stereocenters. The Morgan fingerprint density at radius 1 is 1.18 bits per heavy atom. The summed E-state index contributed by atoms with van der Waals surface area (Å²) in [6, 6.07) is 13.1. The quantitative estimate of drug-likeness (QED) is 0.237. The molecule has 0 aliphatic heterocycles. The molecule has 4 aromatic rings. The number of carbonyl (C=O) groups is 1. The Hall–Kier alpha value is -3.25. The van der Waals surface area contributed by atoms with Gasteiger partial charge in [0.05, 0.1) is 4.47 Å². The van der Waals surface area contributed by atoms with Crippen LogP contribution in [0, 0.1) is 0 Å². The number of halogens is 4. The number of hydrogen-bond acceptors (Lipinski definition) is 4. The Balaban J connectivity index is 1.50. The SMILES string of the molecule is CCc1cc(C2CC2)c(C(N)=O)n1Cc1ccc2oc(-c3cccc(NS(=O)(=O)C(F)(F)F)c3)c(Br)c2c1. The maximum atomic E-state index is 12.8. The molecular weight excluding hydrogens is 587 g/mol. The average Bonchev–Trinajstić information content (AvgIpc) is 3.55. The second-order valence-corrected chi connectivity index (χ2v) is 11.7. The molecule has 2 heterocycles. The molecule has 0 saturated heterocycles. The van der Waals surface area contributed by atoms with Crippen LogP contribution >= 0.6 is 15.9 Å². The predicted molar refractivity (Wildman–Crippen MR) is 141 cm³/mol. The van der Waals surface area contributed by atoms with Gasteiger partial charge in [-0.25, -0.2) is 0 Å². The fourth-order valence-corrected chi connectivity index (χ4v) is 5.77. The fraction of sp³-hybridized carbons (Fsp3) is 0.269. The Labute approximate surface area is 225 Å². The van der Waals surface area contributed by atoms with Crippen LogP contribution in [0.2, 0.25) is 0 Å². The zero-order valence-corrected chi connectivity index (χ0v) is 22.5. The maximum Gasteiger partial charge on any atom is 0.516 e. The van der Waals surface area contributed by atoms with Gasteiger partial charge in [0.25, 0.3) is 5.91 Å². The standard InChI is InChI=1S/C26H23BrF3N3O4S/c1-2-18-12-19(15-7-8-15)23(25(31)34)33(18)13-14-6-9-21-20(10-14)22(27)24(37-21)16-4-3-5-17(11-16)32-38(35,36)26(28,29)30/h3-6,9-12,15,32H,2,7-8,13H2,1H3,(H2,31,34). The molecule has 5 rings (SSSR count). The molecule has 1 aliphatic rings. The van der Waals surface area contributed by atoms with Crippen LogP contribution in [-0.4, -0.2) is 24.4 Å². The van der Waals surface area contributed by atoms with Crippen LogP contribution in [0.4, 0.5) is 18.9 Å². The summed E-state index contributed by atoms with van der Waals surface area (Å²) < 4.78 is 71.5. The van der Waals surface area contributed by atoms with Gasteiger partial charge in [0, 0.05) is 28.9 Å². The number of fused-ring (bicyclic) bond motifs is 1. The monoisotopic (exact) mass is 609 g/mol. The van der Waals surface area contributed by atoms with E-state index in [0.29, 0.717) is 44.9 Å². The van der Waals surface area contributed by atoms with Crippen molar-refractivity contribution in [2.75, 3.05) is 4.72 Å². The third kappa shape index (κ3) is 4.82. The average molecular weight is 610 g/mol. The number of aromatic nitrogens is 1. The minimum Gasteiger partial charge on any atom is -0.455 e. The number of primary amides is 1.